The molecule has 1 aliphatic carbocycles. The molecule has 0 spiro atoms. The van der Waals surface area contributed by atoms with Crippen LogP contribution in [0.15, 0.2) is 48.8 Å². The van der Waals surface area contributed by atoms with E-state index in [-0.39, 0.29) is 17.3 Å². The number of hydrogen-bond acceptors (Lipinski definition) is 8. The molecule has 3 aromatic heterocycles. The normalized spacial score (nSPS) is 16.8. The van der Waals surface area contributed by atoms with E-state index in [0.29, 0.717) is 35.4 Å². The molecule has 1 aromatic carbocycles. The molecule has 6 rings (SSSR count). The van der Waals surface area contributed by atoms with Crippen molar-refractivity contribution < 1.29 is 17.9 Å². The topological polar surface area (TPSA) is 113 Å². The number of anilines is 2. The molecule has 1 N–H and O–H groups in total. The van der Waals surface area contributed by atoms with Crippen molar-refractivity contribution in [3.63, 3.8) is 0 Å². The summed E-state index contributed by atoms with van der Waals surface area (Å²) in [6.45, 7) is 3.74. The molecular weight excluding hydrogens is 492 g/mol. The van der Waals surface area contributed by atoms with Gasteiger partial charge in [0.1, 0.15) is 0 Å². The molecule has 4 heterocycles. The lowest BCUT2D eigenvalue weighted by Gasteiger charge is -2.24. The standard InChI is InChI=1S/C26H30N6O4S/c1-2-36-25-21-10-13-31(37(33,34)17-18-6-4-3-5-7-18)24(21)29-26(30-25)28-22-16-27-32(23(22)19-8-9-19)20-11-14-35-15-12-20/h3-7,10,13,16,19-20H,2,8-9,11-12,14-15,17H2,1H3,(H,28,29,30). The highest BCUT2D eigenvalue weighted by atomic mass is 32.2. The van der Waals surface area contributed by atoms with Gasteiger partial charge in [0.15, 0.2) is 5.65 Å². The van der Waals surface area contributed by atoms with Gasteiger partial charge < -0.3 is 14.8 Å². The number of ether oxygens (including phenoxy) is 2. The lowest BCUT2D eigenvalue weighted by molar-refractivity contribution is 0.0654. The first kappa shape index (κ1) is 23.9. The van der Waals surface area contributed by atoms with Crippen LogP contribution in [0.3, 0.4) is 0 Å². The minimum absolute atomic E-state index is 0.141. The van der Waals surface area contributed by atoms with Crippen molar-refractivity contribution >= 4 is 32.7 Å². The predicted octanol–water partition coefficient (Wildman–Crippen LogP) is 4.38. The third-order valence-electron chi connectivity index (χ3n) is 6.83. The van der Waals surface area contributed by atoms with Gasteiger partial charge in [0.25, 0.3) is 0 Å². The van der Waals surface area contributed by atoms with Crippen molar-refractivity contribution in [3.05, 3.63) is 60.0 Å². The molecule has 2 fully saturated rings. The van der Waals surface area contributed by atoms with Gasteiger partial charge in [0.2, 0.25) is 21.9 Å². The number of benzene rings is 1. The van der Waals surface area contributed by atoms with Crippen molar-refractivity contribution in [2.75, 3.05) is 25.1 Å². The Hall–Kier alpha value is -3.44. The second kappa shape index (κ2) is 9.79. The quantitative estimate of drug-likeness (QED) is 0.345. The first-order chi connectivity index (χ1) is 18.0. The fraction of sp³-hybridized carbons (Fsp3) is 0.423. The third-order valence-corrected chi connectivity index (χ3v) is 8.42. The molecule has 11 heteroatoms. The Bertz CT molecular complexity index is 1500. The van der Waals surface area contributed by atoms with E-state index in [1.165, 1.54) is 10.2 Å². The number of rotatable bonds is 9. The summed E-state index contributed by atoms with van der Waals surface area (Å²) in [6.07, 6.45) is 7.45. The molecule has 1 aliphatic heterocycles. The monoisotopic (exact) mass is 522 g/mol. The second-order valence-electron chi connectivity index (χ2n) is 9.51. The van der Waals surface area contributed by atoms with Crippen LogP contribution >= 0.6 is 0 Å². The lowest BCUT2D eigenvalue weighted by Crippen LogP contribution is -2.22. The van der Waals surface area contributed by atoms with E-state index in [9.17, 15) is 8.42 Å². The van der Waals surface area contributed by atoms with Gasteiger partial charge in [0.05, 0.1) is 41.4 Å². The van der Waals surface area contributed by atoms with Crippen LogP contribution in [0.4, 0.5) is 11.6 Å². The Balaban J connectivity index is 1.38. The van der Waals surface area contributed by atoms with Crippen LogP contribution in [0.2, 0.25) is 0 Å². The molecule has 37 heavy (non-hydrogen) atoms. The Morgan fingerprint density at radius 3 is 2.59 bits per heavy atom. The SMILES string of the molecule is CCOc1nc(Nc2cnn(C3CCOCC3)c2C2CC2)nc2c1ccn2S(=O)(=O)Cc1ccccc1. The zero-order chi connectivity index (χ0) is 25.4. The van der Waals surface area contributed by atoms with Crippen LogP contribution in [0.1, 0.15) is 55.8 Å². The number of hydrogen-bond donors (Lipinski definition) is 1. The van der Waals surface area contributed by atoms with E-state index in [4.69, 9.17) is 14.6 Å². The molecule has 0 atom stereocenters. The Labute approximate surface area is 215 Å². The van der Waals surface area contributed by atoms with E-state index in [1.807, 2.05) is 31.3 Å². The van der Waals surface area contributed by atoms with Gasteiger partial charge in [-0.25, -0.2) is 12.4 Å². The average molecular weight is 523 g/mol. The number of nitrogens with zero attached hydrogens (tertiary/aromatic N) is 5. The van der Waals surface area contributed by atoms with Crippen molar-refractivity contribution in [3.8, 4) is 5.88 Å². The molecule has 2 aliphatic rings. The maximum atomic E-state index is 13.4. The largest absolute Gasteiger partial charge is 0.477 e. The molecule has 10 nitrogen and oxygen atoms in total. The minimum Gasteiger partial charge on any atom is -0.477 e. The van der Waals surface area contributed by atoms with E-state index in [0.717, 1.165) is 50.3 Å². The van der Waals surface area contributed by atoms with E-state index < -0.39 is 10.0 Å². The molecule has 0 bridgehead atoms. The van der Waals surface area contributed by atoms with Crippen LogP contribution in [0.25, 0.3) is 11.0 Å². The number of nitrogens with one attached hydrogen (secondary N) is 1. The molecule has 1 saturated heterocycles. The number of fused-ring (bicyclic) bond motifs is 1. The van der Waals surface area contributed by atoms with Crippen molar-refractivity contribution in [1.82, 2.24) is 23.7 Å². The van der Waals surface area contributed by atoms with Gasteiger partial charge in [-0.05, 0) is 44.2 Å². The summed E-state index contributed by atoms with van der Waals surface area (Å²) < 4.78 is 41.4. The maximum absolute atomic E-state index is 13.4. The molecule has 4 aromatic rings. The van der Waals surface area contributed by atoms with E-state index in [1.54, 1.807) is 18.2 Å². The Kier molecular flexibility index (Phi) is 6.33. The smallest absolute Gasteiger partial charge is 0.244 e. The van der Waals surface area contributed by atoms with E-state index in [2.05, 4.69) is 20.0 Å². The van der Waals surface area contributed by atoms with Crippen LogP contribution < -0.4 is 10.1 Å². The van der Waals surface area contributed by atoms with Gasteiger partial charge in [-0.2, -0.15) is 15.1 Å². The highest BCUT2D eigenvalue weighted by Gasteiger charge is 2.33. The Morgan fingerprint density at radius 2 is 1.86 bits per heavy atom. The summed E-state index contributed by atoms with van der Waals surface area (Å²) in [5, 5.41) is 8.61. The average Bonchev–Trinajstić information content (AvgIpc) is 3.50. The predicted molar refractivity (Wildman–Crippen MR) is 140 cm³/mol. The fourth-order valence-corrected chi connectivity index (χ4v) is 6.32. The highest BCUT2D eigenvalue weighted by molar-refractivity contribution is 7.89. The minimum atomic E-state index is -3.73. The van der Waals surface area contributed by atoms with Gasteiger partial charge >= 0.3 is 0 Å². The van der Waals surface area contributed by atoms with Gasteiger partial charge in [0, 0.05) is 25.3 Å². The Morgan fingerprint density at radius 1 is 1.08 bits per heavy atom. The van der Waals surface area contributed by atoms with Gasteiger partial charge in [-0.1, -0.05) is 30.3 Å². The molecular formula is C26H30N6O4S. The zero-order valence-corrected chi connectivity index (χ0v) is 21.5. The van der Waals surface area contributed by atoms with E-state index >= 15 is 0 Å². The first-order valence-electron chi connectivity index (χ1n) is 12.7. The van der Waals surface area contributed by atoms with Crippen LogP contribution in [-0.2, 0) is 20.5 Å². The fourth-order valence-electron chi connectivity index (χ4n) is 4.92. The summed E-state index contributed by atoms with van der Waals surface area (Å²) in [6, 6.07) is 11.1. The molecule has 0 radical (unpaired) electrons. The summed E-state index contributed by atoms with van der Waals surface area (Å²) >= 11 is 0. The molecule has 0 unspecified atom stereocenters. The van der Waals surface area contributed by atoms with Gasteiger partial charge in [-0.3, -0.25) is 4.68 Å². The third kappa shape index (κ3) is 4.80. The summed E-state index contributed by atoms with van der Waals surface area (Å²) in [4.78, 5) is 9.25. The molecule has 1 saturated carbocycles. The zero-order valence-electron chi connectivity index (χ0n) is 20.7. The van der Waals surface area contributed by atoms with Gasteiger partial charge in [-0.15, -0.1) is 0 Å². The maximum Gasteiger partial charge on any atom is 0.244 e. The van der Waals surface area contributed by atoms with Crippen LogP contribution in [0.5, 0.6) is 5.88 Å². The highest BCUT2D eigenvalue weighted by Crippen LogP contribution is 2.45. The lowest BCUT2D eigenvalue weighted by atomic mass is 10.1. The van der Waals surface area contributed by atoms with Crippen molar-refractivity contribution in [2.24, 2.45) is 0 Å². The van der Waals surface area contributed by atoms with Crippen molar-refractivity contribution in [2.45, 2.75) is 50.3 Å². The van der Waals surface area contributed by atoms with Crippen LogP contribution in [-0.4, -0.2) is 52.0 Å². The van der Waals surface area contributed by atoms with Crippen molar-refractivity contribution in [1.29, 1.82) is 0 Å². The molecule has 194 valence electrons. The number of aromatic nitrogens is 5. The summed E-state index contributed by atoms with van der Waals surface area (Å²) in [5.41, 5.74) is 2.99. The summed E-state index contributed by atoms with van der Waals surface area (Å²) in [7, 11) is -3.73. The first-order valence-corrected chi connectivity index (χ1v) is 14.4. The molecule has 0 amide bonds. The van der Waals surface area contributed by atoms with Crippen LogP contribution in [0, 0.1) is 0 Å². The second-order valence-corrected chi connectivity index (χ2v) is 11.4. The summed E-state index contributed by atoms with van der Waals surface area (Å²) in [5.74, 6) is 0.920.